The van der Waals surface area contributed by atoms with Crippen LogP contribution in [0.5, 0.6) is 0 Å². The van der Waals surface area contributed by atoms with Gasteiger partial charge in [0.05, 0.1) is 23.4 Å². The zero-order chi connectivity index (χ0) is 24.3. The highest BCUT2D eigenvalue weighted by Gasteiger charge is 2.41. The Balaban J connectivity index is 1.64. The van der Waals surface area contributed by atoms with Crippen LogP contribution in [-0.4, -0.2) is 56.8 Å². The van der Waals surface area contributed by atoms with Crippen LogP contribution in [-0.2, 0) is 14.4 Å². The first kappa shape index (κ1) is 24.4. The molecule has 0 saturated carbocycles. The molecule has 1 saturated heterocycles. The molecule has 0 spiro atoms. The lowest BCUT2D eigenvalue weighted by Gasteiger charge is -2.25. The van der Waals surface area contributed by atoms with Gasteiger partial charge in [-0.1, -0.05) is 16.8 Å². The van der Waals surface area contributed by atoms with Gasteiger partial charge in [0.2, 0.25) is 5.91 Å². The summed E-state index contributed by atoms with van der Waals surface area (Å²) < 4.78 is 52.0. The number of amides is 3. The van der Waals surface area contributed by atoms with E-state index < -0.39 is 54.1 Å². The molecule has 178 valence electrons. The summed E-state index contributed by atoms with van der Waals surface area (Å²) in [7, 11) is 0. The Labute approximate surface area is 189 Å². The molecule has 33 heavy (non-hydrogen) atoms. The van der Waals surface area contributed by atoms with E-state index in [1.165, 1.54) is 12.1 Å². The van der Waals surface area contributed by atoms with E-state index >= 15 is 0 Å². The van der Waals surface area contributed by atoms with Gasteiger partial charge < -0.3 is 15.5 Å². The summed E-state index contributed by atoms with van der Waals surface area (Å²) in [6.07, 6.45) is -4.77. The molecule has 2 aromatic rings. The maximum atomic E-state index is 13.3. The minimum absolute atomic E-state index is 0.0452. The number of rotatable bonds is 5. The number of hydrogen-bond donors (Lipinski definition) is 3. The summed E-state index contributed by atoms with van der Waals surface area (Å²) in [6.45, 7) is 1.59. The fourth-order valence-electron chi connectivity index (χ4n) is 3.58. The van der Waals surface area contributed by atoms with E-state index in [1.807, 2.05) is 5.32 Å². The van der Waals surface area contributed by atoms with Gasteiger partial charge in [-0.15, -0.1) is 5.10 Å². The Bertz CT molecular complexity index is 1030. The van der Waals surface area contributed by atoms with E-state index in [1.54, 1.807) is 6.92 Å². The molecule has 3 atom stereocenters. The number of halogens is 5. The van der Waals surface area contributed by atoms with E-state index in [4.69, 9.17) is 11.6 Å². The van der Waals surface area contributed by atoms with Gasteiger partial charge in [-0.3, -0.25) is 19.5 Å². The minimum Gasteiger partial charge on any atom is -0.339 e. The molecule has 3 rings (SSSR count). The van der Waals surface area contributed by atoms with Crippen LogP contribution in [0.15, 0.2) is 24.4 Å². The molecule has 0 bridgehead atoms. The van der Waals surface area contributed by atoms with Crippen molar-refractivity contribution in [3.8, 4) is 0 Å². The summed E-state index contributed by atoms with van der Waals surface area (Å²) in [5, 5.41) is 13.5. The van der Waals surface area contributed by atoms with Gasteiger partial charge in [0.15, 0.2) is 0 Å². The van der Waals surface area contributed by atoms with Crippen LogP contribution in [0.4, 0.5) is 23.2 Å². The smallest absolute Gasteiger partial charge is 0.339 e. The predicted molar refractivity (Wildman–Crippen MR) is 107 cm³/mol. The largest absolute Gasteiger partial charge is 0.391 e. The van der Waals surface area contributed by atoms with Gasteiger partial charge in [0, 0.05) is 24.5 Å². The van der Waals surface area contributed by atoms with Crippen molar-refractivity contribution >= 4 is 35.0 Å². The summed E-state index contributed by atoms with van der Waals surface area (Å²) in [5.74, 6) is -4.16. The predicted octanol–water partition coefficient (Wildman–Crippen LogP) is 2.58. The van der Waals surface area contributed by atoms with Crippen LogP contribution in [0.3, 0.4) is 0 Å². The van der Waals surface area contributed by atoms with Crippen molar-refractivity contribution in [2.75, 3.05) is 11.9 Å². The summed E-state index contributed by atoms with van der Waals surface area (Å²) in [5.41, 5.74) is 0.0712. The molecule has 9 nitrogen and oxygen atoms in total. The van der Waals surface area contributed by atoms with Crippen molar-refractivity contribution in [1.82, 2.24) is 25.6 Å². The van der Waals surface area contributed by atoms with Crippen molar-refractivity contribution in [2.24, 2.45) is 5.92 Å². The standard InChI is InChI=1S/C19H19ClF4N6O3/c1-9-11(16(31)26-10-2-3-13(21)12(20)6-10)4-5-30(9)18(33)17(32)27-14(7-19(22,23)24)15-8-25-29-28-15/h2-3,6,8-9,11,14H,4-5,7H2,1H3,(H,26,31)(H,27,32)(H,25,28,29)/t9-,11-,14-/m0/s1. The molecular formula is C19H19ClF4N6O3. The number of H-pyrrole nitrogens is 1. The third kappa shape index (κ3) is 5.97. The number of likely N-dealkylation sites (tertiary alicyclic amines) is 1. The Hall–Kier alpha value is -3.22. The first-order valence-electron chi connectivity index (χ1n) is 9.76. The average Bonchev–Trinajstić information content (AvgIpc) is 3.38. The summed E-state index contributed by atoms with van der Waals surface area (Å²) in [6, 6.07) is 1.31. The lowest BCUT2D eigenvalue weighted by molar-refractivity contribution is -0.151. The number of aromatic amines is 1. The number of aromatic nitrogens is 3. The van der Waals surface area contributed by atoms with Gasteiger partial charge in [0.1, 0.15) is 11.5 Å². The van der Waals surface area contributed by atoms with Crippen molar-refractivity contribution in [2.45, 2.75) is 38.0 Å². The second-order valence-electron chi connectivity index (χ2n) is 7.50. The second-order valence-corrected chi connectivity index (χ2v) is 7.90. The lowest BCUT2D eigenvalue weighted by atomic mass is 10.0. The lowest BCUT2D eigenvalue weighted by Crippen LogP contribution is -2.47. The molecule has 1 aliphatic heterocycles. The third-order valence-electron chi connectivity index (χ3n) is 5.27. The zero-order valence-corrected chi connectivity index (χ0v) is 17.9. The number of nitrogens with one attached hydrogen (secondary N) is 3. The van der Waals surface area contributed by atoms with Crippen molar-refractivity contribution in [3.63, 3.8) is 0 Å². The number of alkyl halides is 3. The number of benzene rings is 1. The first-order valence-corrected chi connectivity index (χ1v) is 10.1. The highest BCUT2D eigenvalue weighted by atomic mass is 35.5. The van der Waals surface area contributed by atoms with Crippen LogP contribution in [0.25, 0.3) is 0 Å². The average molecular weight is 491 g/mol. The van der Waals surface area contributed by atoms with E-state index in [-0.39, 0.29) is 29.4 Å². The molecule has 1 aromatic carbocycles. The number of carbonyl (C=O) groups excluding carboxylic acids is 3. The summed E-state index contributed by atoms with van der Waals surface area (Å²) >= 11 is 5.70. The van der Waals surface area contributed by atoms with Crippen molar-refractivity contribution < 1.29 is 31.9 Å². The molecular weight excluding hydrogens is 472 g/mol. The highest BCUT2D eigenvalue weighted by molar-refractivity contribution is 6.35. The highest BCUT2D eigenvalue weighted by Crippen LogP contribution is 2.30. The van der Waals surface area contributed by atoms with Gasteiger partial charge in [-0.2, -0.15) is 13.2 Å². The van der Waals surface area contributed by atoms with Crippen LogP contribution in [0.2, 0.25) is 5.02 Å². The van der Waals surface area contributed by atoms with Crippen molar-refractivity contribution in [1.29, 1.82) is 0 Å². The fourth-order valence-corrected chi connectivity index (χ4v) is 3.76. The van der Waals surface area contributed by atoms with Crippen LogP contribution < -0.4 is 10.6 Å². The van der Waals surface area contributed by atoms with Gasteiger partial charge in [-0.25, -0.2) is 4.39 Å². The third-order valence-corrected chi connectivity index (χ3v) is 5.56. The maximum Gasteiger partial charge on any atom is 0.391 e. The van der Waals surface area contributed by atoms with Gasteiger partial charge in [0.25, 0.3) is 0 Å². The summed E-state index contributed by atoms with van der Waals surface area (Å²) in [4.78, 5) is 38.8. The van der Waals surface area contributed by atoms with E-state index in [9.17, 15) is 31.9 Å². The number of hydrogen-bond acceptors (Lipinski definition) is 5. The Morgan fingerprint density at radius 1 is 1.33 bits per heavy atom. The molecule has 3 N–H and O–H groups in total. The van der Waals surface area contributed by atoms with Gasteiger partial charge >= 0.3 is 18.0 Å². The molecule has 1 aromatic heterocycles. The second kappa shape index (κ2) is 9.73. The molecule has 1 fully saturated rings. The maximum absolute atomic E-state index is 13.3. The quantitative estimate of drug-likeness (QED) is 0.439. The Morgan fingerprint density at radius 2 is 2.06 bits per heavy atom. The fraction of sp³-hybridized carbons (Fsp3) is 0.421. The van der Waals surface area contributed by atoms with Gasteiger partial charge in [-0.05, 0) is 31.5 Å². The molecule has 3 amide bonds. The first-order chi connectivity index (χ1) is 15.5. The molecule has 2 heterocycles. The molecule has 0 radical (unpaired) electrons. The molecule has 0 aliphatic carbocycles. The Morgan fingerprint density at radius 3 is 2.67 bits per heavy atom. The van der Waals surface area contributed by atoms with Crippen LogP contribution in [0, 0.1) is 11.7 Å². The van der Waals surface area contributed by atoms with Crippen LogP contribution in [0.1, 0.15) is 31.5 Å². The molecule has 0 unspecified atom stereocenters. The number of anilines is 1. The van der Waals surface area contributed by atoms with E-state index in [2.05, 4.69) is 20.7 Å². The Kier molecular flexibility index (Phi) is 7.20. The monoisotopic (exact) mass is 490 g/mol. The van der Waals surface area contributed by atoms with E-state index in [0.717, 1.165) is 17.2 Å². The van der Waals surface area contributed by atoms with Crippen molar-refractivity contribution in [3.05, 3.63) is 40.9 Å². The molecule has 14 heteroatoms. The molecule has 1 aliphatic rings. The number of nitrogens with zero attached hydrogens (tertiary/aromatic N) is 3. The topological polar surface area (TPSA) is 120 Å². The zero-order valence-electron chi connectivity index (χ0n) is 17.1. The van der Waals surface area contributed by atoms with E-state index in [0.29, 0.717) is 0 Å². The minimum atomic E-state index is -4.63. The SMILES string of the molecule is C[C@H]1[C@@H](C(=O)Nc2ccc(F)c(Cl)c2)CCN1C(=O)C(=O)N[C@@H](CC(F)(F)F)c1c[nH]nn1. The van der Waals surface area contributed by atoms with Crippen LogP contribution >= 0.6 is 11.6 Å². The normalized spacial score (nSPS) is 19.3. The number of carbonyl (C=O) groups is 3.